The molecule has 1 saturated carbocycles. The van der Waals surface area contributed by atoms with Crippen LogP contribution >= 0.6 is 11.3 Å². The summed E-state index contributed by atoms with van der Waals surface area (Å²) >= 11 is 1.71. The average Bonchev–Trinajstić information content (AvgIpc) is 3.14. The number of carbonyl (C=O) groups is 2. The van der Waals surface area contributed by atoms with E-state index in [1.54, 1.807) is 28.4 Å². The van der Waals surface area contributed by atoms with Crippen molar-refractivity contribution in [2.45, 2.75) is 45.6 Å². The topological polar surface area (TPSA) is 40.6 Å². The zero-order valence-electron chi connectivity index (χ0n) is 17.6. The molecular formula is C24H29FN2O2S. The molecule has 4 nitrogen and oxygen atoms in total. The first-order chi connectivity index (χ1) is 14.4. The molecule has 2 aromatic rings. The van der Waals surface area contributed by atoms with Gasteiger partial charge in [-0.15, -0.1) is 11.3 Å². The Bertz CT molecular complexity index is 904. The van der Waals surface area contributed by atoms with E-state index in [0.717, 1.165) is 36.8 Å². The molecular weight excluding hydrogens is 399 g/mol. The van der Waals surface area contributed by atoms with E-state index in [0.29, 0.717) is 19.0 Å². The van der Waals surface area contributed by atoms with Gasteiger partial charge in [0.05, 0.1) is 12.6 Å². The Kier molecular flexibility index (Phi) is 6.23. The van der Waals surface area contributed by atoms with Gasteiger partial charge in [0.25, 0.3) is 0 Å². The SMILES string of the molecule is CC(C)CN(CC(=O)N1CCc2sccc2[C@@H]1c1ccc(F)cc1)C(=O)C1CCC1. The van der Waals surface area contributed by atoms with E-state index in [1.807, 2.05) is 4.90 Å². The summed E-state index contributed by atoms with van der Waals surface area (Å²) in [5, 5.41) is 2.06. The minimum atomic E-state index is -0.285. The number of amides is 2. The van der Waals surface area contributed by atoms with Gasteiger partial charge in [-0.3, -0.25) is 9.59 Å². The Morgan fingerprint density at radius 3 is 2.57 bits per heavy atom. The molecule has 1 aromatic carbocycles. The van der Waals surface area contributed by atoms with Gasteiger partial charge >= 0.3 is 0 Å². The molecule has 6 heteroatoms. The van der Waals surface area contributed by atoms with E-state index in [4.69, 9.17) is 0 Å². The summed E-state index contributed by atoms with van der Waals surface area (Å²) in [5.74, 6) is 0.186. The van der Waals surface area contributed by atoms with Gasteiger partial charge in [-0.1, -0.05) is 32.4 Å². The smallest absolute Gasteiger partial charge is 0.242 e. The molecule has 0 radical (unpaired) electrons. The molecule has 0 bridgehead atoms. The van der Waals surface area contributed by atoms with Gasteiger partial charge in [0.1, 0.15) is 5.82 Å². The maximum atomic E-state index is 13.5. The number of fused-ring (bicyclic) bond motifs is 1. The number of carbonyl (C=O) groups excluding carboxylic acids is 2. The average molecular weight is 429 g/mol. The largest absolute Gasteiger partial charge is 0.333 e. The molecule has 160 valence electrons. The lowest BCUT2D eigenvalue weighted by Crippen LogP contribution is -2.49. The van der Waals surface area contributed by atoms with E-state index in [2.05, 4.69) is 25.3 Å². The molecule has 2 aliphatic rings. The summed E-state index contributed by atoms with van der Waals surface area (Å²) in [5.41, 5.74) is 2.02. The standard InChI is InChI=1S/C24H29FN2O2S/c1-16(2)14-26(24(29)18-4-3-5-18)15-22(28)27-12-10-21-20(11-13-30-21)23(27)17-6-8-19(25)9-7-17/h6-9,11,13,16,18,23H,3-5,10,12,14-15H2,1-2H3/t23-/m0/s1. The van der Waals surface area contributed by atoms with Gasteiger partial charge in [-0.2, -0.15) is 0 Å². The molecule has 0 N–H and O–H groups in total. The van der Waals surface area contributed by atoms with Crippen molar-refractivity contribution in [1.29, 1.82) is 0 Å². The van der Waals surface area contributed by atoms with Gasteiger partial charge in [0.15, 0.2) is 0 Å². The summed E-state index contributed by atoms with van der Waals surface area (Å²) in [6.45, 7) is 5.47. The third-order valence-electron chi connectivity index (χ3n) is 6.15. The second-order valence-corrected chi connectivity index (χ2v) is 9.83. The van der Waals surface area contributed by atoms with Crippen molar-refractivity contribution in [3.05, 3.63) is 57.5 Å². The van der Waals surface area contributed by atoms with Crippen LogP contribution in [0.3, 0.4) is 0 Å². The van der Waals surface area contributed by atoms with E-state index in [1.165, 1.54) is 17.0 Å². The molecule has 0 unspecified atom stereocenters. The predicted molar refractivity (Wildman–Crippen MR) is 117 cm³/mol. The van der Waals surface area contributed by atoms with Crippen LogP contribution < -0.4 is 0 Å². The normalized spacial score (nSPS) is 18.8. The number of thiophene rings is 1. The van der Waals surface area contributed by atoms with E-state index in [9.17, 15) is 14.0 Å². The number of hydrogen-bond acceptors (Lipinski definition) is 3. The predicted octanol–water partition coefficient (Wildman–Crippen LogP) is 4.65. The van der Waals surface area contributed by atoms with Crippen molar-refractivity contribution in [2.24, 2.45) is 11.8 Å². The third-order valence-corrected chi connectivity index (χ3v) is 7.15. The molecule has 30 heavy (non-hydrogen) atoms. The van der Waals surface area contributed by atoms with Gasteiger partial charge in [0.2, 0.25) is 11.8 Å². The number of nitrogens with zero attached hydrogens (tertiary/aromatic N) is 2. The monoisotopic (exact) mass is 428 g/mol. The quantitative estimate of drug-likeness (QED) is 0.672. The summed E-state index contributed by atoms with van der Waals surface area (Å²) in [6.07, 6.45) is 3.78. The molecule has 1 fully saturated rings. The highest BCUT2D eigenvalue weighted by Gasteiger charge is 2.36. The van der Waals surface area contributed by atoms with Crippen molar-refractivity contribution >= 4 is 23.2 Å². The number of hydrogen-bond donors (Lipinski definition) is 0. The van der Waals surface area contributed by atoms with Gasteiger partial charge < -0.3 is 9.80 Å². The van der Waals surface area contributed by atoms with Crippen LogP contribution in [-0.4, -0.2) is 41.2 Å². The van der Waals surface area contributed by atoms with Crippen LogP contribution in [0.25, 0.3) is 0 Å². The molecule has 1 aliphatic carbocycles. The maximum Gasteiger partial charge on any atom is 0.242 e. The van der Waals surface area contributed by atoms with Crippen LogP contribution in [-0.2, 0) is 16.0 Å². The molecule has 4 rings (SSSR count). The van der Waals surface area contributed by atoms with E-state index >= 15 is 0 Å². The van der Waals surface area contributed by atoms with Crippen LogP contribution in [0, 0.1) is 17.7 Å². The summed E-state index contributed by atoms with van der Waals surface area (Å²) < 4.78 is 13.5. The highest BCUT2D eigenvalue weighted by atomic mass is 32.1. The first-order valence-electron chi connectivity index (χ1n) is 10.8. The zero-order valence-corrected chi connectivity index (χ0v) is 18.5. The fourth-order valence-electron chi connectivity index (χ4n) is 4.43. The fraction of sp³-hybridized carbons (Fsp3) is 0.500. The molecule has 1 atom stereocenters. The Labute approximate surface area is 181 Å². The summed E-state index contributed by atoms with van der Waals surface area (Å²) in [6, 6.07) is 8.26. The van der Waals surface area contributed by atoms with Crippen molar-refractivity contribution < 1.29 is 14.0 Å². The Morgan fingerprint density at radius 2 is 1.93 bits per heavy atom. The second kappa shape index (κ2) is 8.88. The highest BCUT2D eigenvalue weighted by Crippen LogP contribution is 2.38. The van der Waals surface area contributed by atoms with Crippen molar-refractivity contribution in [1.82, 2.24) is 9.80 Å². The van der Waals surface area contributed by atoms with E-state index < -0.39 is 0 Å². The number of halogens is 1. The van der Waals surface area contributed by atoms with Crippen LogP contribution in [0.1, 0.15) is 55.2 Å². The second-order valence-electron chi connectivity index (χ2n) is 8.83. The molecule has 1 aromatic heterocycles. The first-order valence-corrected chi connectivity index (χ1v) is 11.7. The third kappa shape index (κ3) is 4.29. The zero-order chi connectivity index (χ0) is 21.3. The lowest BCUT2D eigenvalue weighted by molar-refractivity contribution is -0.146. The summed E-state index contributed by atoms with van der Waals surface area (Å²) in [7, 11) is 0. The fourth-order valence-corrected chi connectivity index (χ4v) is 5.33. The lowest BCUT2D eigenvalue weighted by atomic mass is 9.84. The Balaban J connectivity index is 1.59. The Morgan fingerprint density at radius 1 is 1.20 bits per heavy atom. The first kappa shape index (κ1) is 21.0. The maximum absolute atomic E-state index is 13.5. The van der Waals surface area contributed by atoms with Crippen LogP contribution in [0.15, 0.2) is 35.7 Å². The van der Waals surface area contributed by atoms with Crippen LogP contribution in [0.5, 0.6) is 0 Å². The number of benzene rings is 1. The van der Waals surface area contributed by atoms with Crippen molar-refractivity contribution in [2.75, 3.05) is 19.6 Å². The van der Waals surface area contributed by atoms with Gasteiger partial charge in [-0.25, -0.2) is 4.39 Å². The molecule has 2 amide bonds. The Hall–Kier alpha value is -2.21. The number of rotatable bonds is 6. The summed E-state index contributed by atoms with van der Waals surface area (Å²) in [4.78, 5) is 31.3. The lowest BCUT2D eigenvalue weighted by Gasteiger charge is -2.39. The van der Waals surface area contributed by atoms with Gasteiger partial charge in [0, 0.05) is 23.9 Å². The van der Waals surface area contributed by atoms with Crippen LogP contribution in [0.4, 0.5) is 4.39 Å². The molecule has 0 spiro atoms. The van der Waals surface area contributed by atoms with Crippen LogP contribution in [0.2, 0.25) is 0 Å². The minimum absolute atomic E-state index is 0.0329. The van der Waals surface area contributed by atoms with E-state index in [-0.39, 0.29) is 36.1 Å². The van der Waals surface area contributed by atoms with Crippen molar-refractivity contribution in [3.63, 3.8) is 0 Å². The van der Waals surface area contributed by atoms with Crippen molar-refractivity contribution in [3.8, 4) is 0 Å². The molecule has 2 heterocycles. The minimum Gasteiger partial charge on any atom is -0.333 e. The highest BCUT2D eigenvalue weighted by molar-refractivity contribution is 7.10. The molecule has 1 aliphatic heterocycles. The van der Waals surface area contributed by atoms with Gasteiger partial charge in [-0.05, 0) is 59.9 Å². The molecule has 0 saturated heterocycles.